The normalized spacial score (nSPS) is 27.5. The molecule has 0 amide bonds. The minimum absolute atomic E-state index is 0.312. The lowest BCUT2D eigenvalue weighted by atomic mass is 9.94. The minimum Gasteiger partial charge on any atom is -0.316 e. The monoisotopic (exact) mass is 288 g/mol. The van der Waals surface area contributed by atoms with Crippen LogP contribution in [0.25, 0.3) is 0 Å². The maximum atomic E-state index is 12.4. The average molecular weight is 288 g/mol. The van der Waals surface area contributed by atoms with Crippen molar-refractivity contribution in [2.45, 2.75) is 45.4 Å². The van der Waals surface area contributed by atoms with E-state index in [1.165, 1.54) is 12.8 Å². The largest absolute Gasteiger partial charge is 0.316 e. The van der Waals surface area contributed by atoms with Crippen LogP contribution in [-0.4, -0.2) is 44.7 Å². The second-order valence-electron chi connectivity index (χ2n) is 6.12. The van der Waals surface area contributed by atoms with Crippen LogP contribution in [0.3, 0.4) is 0 Å². The minimum atomic E-state index is -3.03. The Kier molecular flexibility index (Phi) is 5.66. The van der Waals surface area contributed by atoms with Crippen LogP contribution in [0.15, 0.2) is 0 Å². The van der Waals surface area contributed by atoms with Gasteiger partial charge in [0.25, 0.3) is 0 Å². The number of piperidine rings is 2. The molecule has 1 unspecified atom stereocenters. The van der Waals surface area contributed by atoms with E-state index >= 15 is 0 Å². The van der Waals surface area contributed by atoms with Gasteiger partial charge in [-0.2, -0.15) is 0 Å². The Morgan fingerprint density at radius 1 is 1.16 bits per heavy atom. The Morgan fingerprint density at radius 2 is 1.89 bits per heavy atom. The van der Waals surface area contributed by atoms with Gasteiger partial charge >= 0.3 is 0 Å². The third-order valence-corrected chi connectivity index (χ3v) is 6.55. The quantitative estimate of drug-likeness (QED) is 0.839. The number of nitrogens with zero attached hydrogens (tertiary/aromatic N) is 1. The van der Waals surface area contributed by atoms with Crippen molar-refractivity contribution in [3.05, 3.63) is 0 Å². The van der Waals surface area contributed by atoms with Crippen molar-refractivity contribution in [1.82, 2.24) is 9.62 Å². The van der Waals surface area contributed by atoms with Gasteiger partial charge < -0.3 is 5.32 Å². The van der Waals surface area contributed by atoms with Crippen molar-refractivity contribution in [1.29, 1.82) is 0 Å². The third-order valence-electron chi connectivity index (χ3n) is 4.51. The lowest BCUT2D eigenvalue weighted by molar-refractivity contribution is 0.260. The van der Waals surface area contributed by atoms with Crippen LogP contribution in [0.2, 0.25) is 0 Å². The second-order valence-corrected chi connectivity index (χ2v) is 8.14. The standard InChI is InChI=1S/C14H28N2O2S/c1-2-4-13-6-9-16(10-7-13)19(17,18)12-14-5-3-8-15-11-14/h13-15H,2-12H2,1H3. The molecular weight excluding hydrogens is 260 g/mol. The van der Waals surface area contributed by atoms with E-state index in [9.17, 15) is 8.42 Å². The van der Waals surface area contributed by atoms with Crippen LogP contribution in [-0.2, 0) is 10.0 Å². The van der Waals surface area contributed by atoms with Gasteiger partial charge in [-0.05, 0) is 50.6 Å². The van der Waals surface area contributed by atoms with Gasteiger partial charge in [0.1, 0.15) is 0 Å². The van der Waals surface area contributed by atoms with Gasteiger partial charge in [-0.1, -0.05) is 19.8 Å². The molecule has 0 aromatic heterocycles. The van der Waals surface area contributed by atoms with Crippen LogP contribution in [0.1, 0.15) is 45.4 Å². The molecule has 2 aliphatic rings. The molecule has 0 spiro atoms. The molecule has 1 N–H and O–H groups in total. The highest BCUT2D eigenvalue weighted by molar-refractivity contribution is 7.89. The first-order valence-corrected chi connectivity index (χ1v) is 9.41. The van der Waals surface area contributed by atoms with Crippen LogP contribution in [0.5, 0.6) is 0 Å². The predicted octanol–water partition coefficient (Wildman–Crippen LogP) is 1.83. The summed E-state index contributed by atoms with van der Waals surface area (Å²) in [6.45, 7) is 5.60. The van der Waals surface area contributed by atoms with E-state index in [2.05, 4.69) is 12.2 Å². The first-order valence-electron chi connectivity index (χ1n) is 7.80. The zero-order valence-electron chi connectivity index (χ0n) is 12.1. The van der Waals surface area contributed by atoms with Crippen molar-refractivity contribution < 1.29 is 8.42 Å². The summed E-state index contributed by atoms with van der Waals surface area (Å²) < 4.78 is 26.6. The van der Waals surface area contributed by atoms with Gasteiger partial charge in [-0.25, -0.2) is 12.7 Å². The van der Waals surface area contributed by atoms with Gasteiger partial charge in [0.05, 0.1) is 5.75 Å². The summed E-state index contributed by atoms with van der Waals surface area (Å²) in [5, 5.41) is 3.30. The smallest absolute Gasteiger partial charge is 0.214 e. The summed E-state index contributed by atoms with van der Waals surface area (Å²) >= 11 is 0. The number of hydrogen-bond donors (Lipinski definition) is 1. The van der Waals surface area contributed by atoms with E-state index in [0.29, 0.717) is 11.7 Å². The molecule has 0 aromatic carbocycles. The Hall–Kier alpha value is -0.130. The molecule has 0 aromatic rings. The van der Waals surface area contributed by atoms with Gasteiger partial charge in [-0.3, -0.25) is 0 Å². The van der Waals surface area contributed by atoms with E-state index in [0.717, 1.165) is 57.8 Å². The third kappa shape index (κ3) is 4.43. The molecule has 2 heterocycles. The highest BCUT2D eigenvalue weighted by Gasteiger charge is 2.30. The van der Waals surface area contributed by atoms with E-state index in [1.807, 2.05) is 0 Å². The maximum Gasteiger partial charge on any atom is 0.214 e. The summed E-state index contributed by atoms with van der Waals surface area (Å²) in [6.07, 6.45) is 6.73. The fourth-order valence-corrected chi connectivity index (χ4v) is 5.21. The topological polar surface area (TPSA) is 49.4 Å². The van der Waals surface area contributed by atoms with Crippen molar-refractivity contribution in [2.75, 3.05) is 31.9 Å². The highest BCUT2D eigenvalue weighted by atomic mass is 32.2. The average Bonchev–Trinajstić information content (AvgIpc) is 2.40. The Balaban J connectivity index is 1.83. The van der Waals surface area contributed by atoms with E-state index in [-0.39, 0.29) is 0 Å². The number of nitrogens with one attached hydrogen (secondary N) is 1. The van der Waals surface area contributed by atoms with Crippen LogP contribution in [0.4, 0.5) is 0 Å². The lowest BCUT2D eigenvalue weighted by Crippen LogP contribution is -2.43. The first kappa shape index (κ1) is 15.3. The van der Waals surface area contributed by atoms with E-state index < -0.39 is 10.0 Å². The van der Waals surface area contributed by atoms with Gasteiger partial charge in [-0.15, -0.1) is 0 Å². The molecular formula is C14H28N2O2S. The zero-order chi connectivity index (χ0) is 13.7. The Labute approximate surface area is 118 Å². The summed E-state index contributed by atoms with van der Waals surface area (Å²) in [6, 6.07) is 0. The first-order chi connectivity index (χ1) is 9.12. The molecule has 2 rings (SSSR count). The van der Waals surface area contributed by atoms with E-state index in [1.54, 1.807) is 4.31 Å². The molecule has 2 fully saturated rings. The van der Waals surface area contributed by atoms with Crippen molar-refractivity contribution in [2.24, 2.45) is 11.8 Å². The SMILES string of the molecule is CCCC1CCN(S(=O)(=O)CC2CCCNC2)CC1. The van der Waals surface area contributed by atoms with Crippen molar-refractivity contribution >= 4 is 10.0 Å². The number of sulfonamides is 1. The van der Waals surface area contributed by atoms with Crippen LogP contribution in [0, 0.1) is 11.8 Å². The summed E-state index contributed by atoms with van der Waals surface area (Å²) in [5.41, 5.74) is 0. The van der Waals surface area contributed by atoms with Crippen molar-refractivity contribution in [3.8, 4) is 0 Å². The molecule has 2 aliphatic heterocycles. The van der Waals surface area contributed by atoms with Gasteiger partial charge in [0, 0.05) is 13.1 Å². The van der Waals surface area contributed by atoms with Crippen LogP contribution < -0.4 is 5.32 Å². The van der Waals surface area contributed by atoms with Gasteiger partial charge in [0.15, 0.2) is 0 Å². The molecule has 0 saturated carbocycles. The summed E-state index contributed by atoms with van der Waals surface area (Å²) in [5.74, 6) is 1.40. The van der Waals surface area contributed by atoms with Gasteiger partial charge in [0.2, 0.25) is 10.0 Å². The molecule has 1 atom stereocenters. The molecule has 0 aliphatic carbocycles. The predicted molar refractivity (Wildman–Crippen MR) is 78.6 cm³/mol. The fourth-order valence-electron chi connectivity index (χ4n) is 3.35. The molecule has 112 valence electrons. The Morgan fingerprint density at radius 3 is 2.47 bits per heavy atom. The molecule has 2 saturated heterocycles. The maximum absolute atomic E-state index is 12.4. The van der Waals surface area contributed by atoms with E-state index in [4.69, 9.17) is 0 Å². The van der Waals surface area contributed by atoms with Crippen molar-refractivity contribution in [3.63, 3.8) is 0 Å². The molecule has 19 heavy (non-hydrogen) atoms. The number of rotatable bonds is 5. The molecule has 0 radical (unpaired) electrons. The number of hydrogen-bond acceptors (Lipinski definition) is 3. The highest BCUT2D eigenvalue weighted by Crippen LogP contribution is 2.25. The molecule has 5 heteroatoms. The summed E-state index contributed by atoms with van der Waals surface area (Å²) in [4.78, 5) is 0. The van der Waals surface area contributed by atoms with Crippen LogP contribution >= 0.6 is 0 Å². The molecule has 4 nitrogen and oxygen atoms in total. The Bertz CT molecular complexity index is 356. The zero-order valence-corrected chi connectivity index (χ0v) is 12.9. The molecule has 0 bridgehead atoms. The summed E-state index contributed by atoms with van der Waals surface area (Å²) in [7, 11) is -3.03. The second kappa shape index (κ2) is 7.04. The lowest BCUT2D eigenvalue weighted by Gasteiger charge is -2.32. The fraction of sp³-hybridized carbons (Fsp3) is 1.00.